The van der Waals surface area contributed by atoms with Crippen LogP contribution in [0.3, 0.4) is 0 Å². The van der Waals surface area contributed by atoms with Crippen molar-refractivity contribution in [1.82, 2.24) is 0 Å². The fourth-order valence-corrected chi connectivity index (χ4v) is 1.39. The van der Waals surface area contributed by atoms with Gasteiger partial charge in [0.25, 0.3) is 0 Å². The molecule has 0 saturated carbocycles. The van der Waals surface area contributed by atoms with E-state index in [1.165, 1.54) is 0 Å². The minimum atomic E-state index is -4.26. The van der Waals surface area contributed by atoms with E-state index in [2.05, 4.69) is 4.43 Å². The molecule has 0 aromatic carbocycles. The van der Waals surface area contributed by atoms with Gasteiger partial charge in [0.1, 0.15) is 0 Å². The standard InChI is InChI=1S/C5H14O4Si/c1-3-4-5(2)9-10(6,7)8/h5-8H,3-4H2,1-2H3. The molecule has 0 spiro atoms. The molecule has 0 amide bonds. The van der Waals surface area contributed by atoms with Gasteiger partial charge in [-0.2, -0.15) is 0 Å². The molecule has 0 aliphatic rings. The van der Waals surface area contributed by atoms with E-state index in [4.69, 9.17) is 14.4 Å². The van der Waals surface area contributed by atoms with Crippen LogP contribution in [-0.2, 0) is 4.43 Å². The van der Waals surface area contributed by atoms with E-state index < -0.39 is 9.05 Å². The lowest BCUT2D eigenvalue weighted by atomic mass is 10.2. The highest BCUT2D eigenvalue weighted by atomic mass is 28.4. The average Bonchev–Trinajstić information content (AvgIpc) is 1.59. The van der Waals surface area contributed by atoms with Crippen molar-refractivity contribution < 1.29 is 18.8 Å². The summed E-state index contributed by atoms with van der Waals surface area (Å²) >= 11 is 0. The molecule has 5 heteroatoms. The van der Waals surface area contributed by atoms with Crippen LogP contribution in [0.25, 0.3) is 0 Å². The third-order valence-electron chi connectivity index (χ3n) is 1.05. The lowest BCUT2D eigenvalue weighted by Gasteiger charge is -2.15. The van der Waals surface area contributed by atoms with Crippen molar-refractivity contribution in [2.24, 2.45) is 0 Å². The van der Waals surface area contributed by atoms with E-state index in [-0.39, 0.29) is 6.10 Å². The maximum absolute atomic E-state index is 8.44. The second-order valence-electron chi connectivity index (χ2n) is 2.29. The van der Waals surface area contributed by atoms with Gasteiger partial charge >= 0.3 is 9.05 Å². The summed E-state index contributed by atoms with van der Waals surface area (Å²) in [7, 11) is -4.26. The smallest absolute Gasteiger partial charge is 0.368 e. The Morgan fingerprint density at radius 3 is 2.20 bits per heavy atom. The second-order valence-corrected chi connectivity index (χ2v) is 3.67. The Bertz CT molecular complexity index is 90.1. The van der Waals surface area contributed by atoms with E-state index in [9.17, 15) is 0 Å². The predicted octanol–water partition coefficient (Wildman–Crippen LogP) is -0.396. The lowest BCUT2D eigenvalue weighted by molar-refractivity contribution is 0.0267. The highest BCUT2D eigenvalue weighted by Crippen LogP contribution is 2.03. The molecule has 0 aromatic rings. The van der Waals surface area contributed by atoms with Crippen LogP contribution in [0.1, 0.15) is 26.7 Å². The predicted molar refractivity (Wildman–Crippen MR) is 37.9 cm³/mol. The first-order valence-electron chi connectivity index (χ1n) is 3.30. The molecule has 0 fully saturated rings. The highest BCUT2D eigenvalue weighted by molar-refractivity contribution is 6.48. The summed E-state index contributed by atoms with van der Waals surface area (Å²) in [5.74, 6) is 0. The Hall–Kier alpha value is 0.0569. The molecule has 1 atom stereocenters. The normalized spacial score (nSPS) is 15.3. The average molecular weight is 166 g/mol. The molecule has 0 radical (unpaired) electrons. The van der Waals surface area contributed by atoms with Gasteiger partial charge in [0.05, 0.1) is 0 Å². The molecule has 4 nitrogen and oxygen atoms in total. The summed E-state index contributed by atoms with van der Waals surface area (Å²) < 4.78 is 4.48. The van der Waals surface area contributed by atoms with Crippen LogP contribution in [0.2, 0.25) is 0 Å². The van der Waals surface area contributed by atoms with Gasteiger partial charge in [-0.1, -0.05) is 13.3 Å². The maximum Gasteiger partial charge on any atom is 0.671 e. The Kier molecular flexibility index (Phi) is 4.07. The molecule has 3 N–H and O–H groups in total. The summed E-state index contributed by atoms with van der Waals surface area (Å²) in [5.41, 5.74) is 0. The Labute approximate surface area is 61.6 Å². The molecule has 0 aromatic heterocycles. The molecule has 10 heavy (non-hydrogen) atoms. The van der Waals surface area contributed by atoms with E-state index in [0.29, 0.717) is 0 Å². The van der Waals surface area contributed by atoms with Crippen LogP contribution in [0.5, 0.6) is 0 Å². The van der Waals surface area contributed by atoms with Gasteiger partial charge in [0.15, 0.2) is 0 Å². The molecule has 0 bridgehead atoms. The van der Waals surface area contributed by atoms with Gasteiger partial charge in [-0.25, -0.2) is 0 Å². The van der Waals surface area contributed by atoms with Gasteiger partial charge in [-0.05, 0) is 13.3 Å². The maximum atomic E-state index is 8.44. The van der Waals surface area contributed by atoms with E-state index >= 15 is 0 Å². The fraction of sp³-hybridized carbons (Fsp3) is 1.00. The van der Waals surface area contributed by atoms with Crippen LogP contribution in [0.15, 0.2) is 0 Å². The van der Waals surface area contributed by atoms with Crippen LogP contribution >= 0.6 is 0 Å². The minimum absolute atomic E-state index is 0.281. The zero-order valence-corrected chi connectivity index (χ0v) is 7.24. The summed E-state index contributed by atoms with van der Waals surface area (Å²) in [6, 6.07) is 0. The topological polar surface area (TPSA) is 69.9 Å². The Morgan fingerprint density at radius 1 is 1.40 bits per heavy atom. The van der Waals surface area contributed by atoms with Crippen molar-refractivity contribution >= 4 is 9.05 Å². The van der Waals surface area contributed by atoms with Gasteiger partial charge in [0.2, 0.25) is 0 Å². The van der Waals surface area contributed by atoms with E-state index in [1.807, 2.05) is 6.92 Å². The molecule has 1 unspecified atom stereocenters. The fourth-order valence-electron chi connectivity index (χ4n) is 0.735. The van der Waals surface area contributed by atoms with Gasteiger partial charge < -0.3 is 18.8 Å². The van der Waals surface area contributed by atoms with Crippen molar-refractivity contribution in [2.75, 3.05) is 0 Å². The number of rotatable bonds is 4. The molecular weight excluding hydrogens is 152 g/mol. The molecule has 0 saturated heterocycles. The summed E-state index contributed by atoms with van der Waals surface area (Å²) in [6.45, 7) is 3.64. The SMILES string of the molecule is CCCC(C)O[Si](O)(O)O. The second kappa shape index (κ2) is 4.04. The molecular formula is C5H14O4Si. The molecule has 0 aliphatic heterocycles. The molecule has 0 aliphatic carbocycles. The first-order chi connectivity index (χ1) is 4.45. The van der Waals surface area contributed by atoms with Crippen molar-refractivity contribution in [2.45, 2.75) is 32.8 Å². The monoisotopic (exact) mass is 166 g/mol. The van der Waals surface area contributed by atoms with Crippen molar-refractivity contribution in [3.05, 3.63) is 0 Å². The van der Waals surface area contributed by atoms with Crippen LogP contribution in [-0.4, -0.2) is 29.5 Å². The third kappa shape index (κ3) is 6.18. The summed E-state index contributed by atoms with van der Waals surface area (Å²) in [5, 5.41) is 0. The van der Waals surface area contributed by atoms with E-state index in [1.54, 1.807) is 6.92 Å². The summed E-state index contributed by atoms with van der Waals surface area (Å²) in [6.07, 6.45) is 1.33. The molecule has 0 heterocycles. The van der Waals surface area contributed by atoms with Crippen molar-refractivity contribution in [1.29, 1.82) is 0 Å². The van der Waals surface area contributed by atoms with Crippen LogP contribution in [0.4, 0.5) is 0 Å². The number of hydrogen-bond donors (Lipinski definition) is 3. The Balaban J connectivity index is 3.47. The largest absolute Gasteiger partial charge is 0.671 e. The number of hydrogen-bond acceptors (Lipinski definition) is 4. The van der Waals surface area contributed by atoms with E-state index in [0.717, 1.165) is 12.8 Å². The first-order valence-corrected chi connectivity index (χ1v) is 5.05. The zero-order chi connectivity index (χ0) is 8.20. The first kappa shape index (κ1) is 10.1. The van der Waals surface area contributed by atoms with Gasteiger partial charge in [-0.15, -0.1) is 0 Å². The third-order valence-corrected chi connectivity index (χ3v) is 1.77. The van der Waals surface area contributed by atoms with Crippen molar-refractivity contribution in [3.8, 4) is 0 Å². The zero-order valence-electron chi connectivity index (χ0n) is 6.24. The Morgan fingerprint density at radius 2 is 1.90 bits per heavy atom. The van der Waals surface area contributed by atoms with Crippen molar-refractivity contribution in [3.63, 3.8) is 0 Å². The molecule has 62 valence electrons. The quantitative estimate of drug-likeness (QED) is 0.497. The van der Waals surface area contributed by atoms with Gasteiger partial charge in [-0.3, -0.25) is 0 Å². The van der Waals surface area contributed by atoms with Gasteiger partial charge in [0, 0.05) is 6.10 Å². The lowest BCUT2D eigenvalue weighted by Crippen LogP contribution is -2.41. The van der Waals surface area contributed by atoms with Crippen LogP contribution < -0.4 is 0 Å². The minimum Gasteiger partial charge on any atom is -0.368 e. The highest BCUT2D eigenvalue weighted by Gasteiger charge is 2.32. The summed E-state index contributed by atoms with van der Waals surface area (Å²) in [4.78, 5) is 25.3. The molecule has 0 rings (SSSR count). The van der Waals surface area contributed by atoms with Crippen LogP contribution in [0, 0.1) is 0 Å².